The molecule has 0 spiro atoms. The zero-order valence-electron chi connectivity index (χ0n) is 10.8. The van der Waals surface area contributed by atoms with E-state index in [1.54, 1.807) is 4.90 Å². The van der Waals surface area contributed by atoms with Gasteiger partial charge in [0.1, 0.15) is 18.0 Å². The fourth-order valence-corrected chi connectivity index (χ4v) is 2.27. The molecule has 0 N–H and O–H groups in total. The van der Waals surface area contributed by atoms with Gasteiger partial charge in [-0.15, -0.1) is 0 Å². The molecule has 1 aliphatic heterocycles. The molecule has 0 aliphatic carbocycles. The Bertz CT molecular complexity index is 474. The third-order valence-electron chi connectivity index (χ3n) is 3.12. The van der Waals surface area contributed by atoms with Gasteiger partial charge in [-0.2, -0.15) is 13.2 Å². The molecule has 0 saturated carbocycles. The minimum absolute atomic E-state index is 0.110. The first-order chi connectivity index (χ1) is 9.35. The summed E-state index contributed by atoms with van der Waals surface area (Å²) in [7, 11) is 3.04. The Morgan fingerprint density at radius 2 is 1.75 bits per heavy atom. The Kier molecular flexibility index (Phi) is 4.36. The van der Waals surface area contributed by atoms with Crippen LogP contribution in [0.4, 0.5) is 19.0 Å². The van der Waals surface area contributed by atoms with Gasteiger partial charge in [0.05, 0.1) is 0 Å². The fourth-order valence-electron chi connectivity index (χ4n) is 2.10. The third kappa shape index (κ3) is 3.13. The Balaban J connectivity index is 2.28. The maximum absolute atomic E-state index is 12.7. The van der Waals surface area contributed by atoms with Gasteiger partial charge < -0.3 is 14.4 Å². The summed E-state index contributed by atoms with van der Waals surface area (Å²) in [6, 6.07) is 0.872. The standard InChI is InChI=1S/C11H13ClF3N3O2/c1-19-6-4-18(5-7(6)20-2)9-3-8(11(13,14)15)16-10(12)17-9/h3,6-7H,4-5H2,1-2H3. The summed E-state index contributed by atoms with van der Waals surface area (Å²) in [4.78, 5) is 8.66. The lowest BCUT2D eigenvalue weighted by molar-refractivity contribution is -0.141. The van der Waals surface area contributed by atoms with E-state index in [1.807, 2.05) is 0 Å². The molecule has 2 atom stereocenters. The minimum atomic E-state index is -4.57. The topological polar surface area (TPSA) is 47.5 Å². The van der Waals surface area contributed by atoms with Gasteiger partial charge in [-0.05, 0) is 11.6 Å². The summed E-state index contributed by atoms with van der Waals surface area (Å²) in [6.45, 7) is 0.749. The molecule has 0 radical (unpaired) electrons. The van der Waals surface area contributed by atoms with Crippen molar-refractivity contribution in [3.8, 4) is 0 Å². The SMILES string of the molecule is COC1CN(c2cc(C(F)(F)F)nc(Cl)n2)CC1OC. The van der Waals surface area contributed by atoms with Crippen LogP contribution in [0.3, 0.4) is 0 Å². The van der Waals surface area contributed by atoms with Crippen LogP contribution in [0.2, 0.25) is 5.28 Å². The number of hydrogen-bond acceptors (Lipinski definition) is 5. The van der Waals surface area contributed by atoms with Gasteiger partial charge in [0, 0.05) is 33.4 Å². The molecule has 2 heterocycles. The van der Waals surface area contributed by atoms with Crippen molar-refractivity contribution in [3.05, 3.63) is 17.0 Å². The van der Waals surface area contributed by atoms with Gasteiger partial charge in [-0.1, -0.05) is 0 Å². The summed E-state index contributed by atoms with van der Waals surface area (Å²) in [5, 5.41) is -0.440. The summed E-state index contributed by atoms with van der Waals surface area (Å²) < 4.78 is 48.6. The maximum atomic E-state index is 12.7. The first kappa shape index (κ1) is 15.3. The minimum Gasteiger partial charge on any atom is -0.377 e. The highest BCUT2D eigenvalue weighted by Gasteiger charge is 2.37. The fraction of sp³-hybridized carbons (Fsp3) is 0.636. The molecule has 5 nitrogen and oxygen atoms in total. The highest BCUT2D eigenvalue weighted by Crippen LogP contribution is 2.31. The second-order valence-corrected chi connectivity index (χ2v) is 4.67. The molecular weight excluding hydrogens is 299 g/mol. The van der Waals surface area contributed by atoms with E-state index in [4.69, 9.17) is 21.1 Å². The number of halogens is 4. The molecule has 1 aromatic rings. The summed E-state index contributed by atoms with van der Waals surface area (Å²) in [5.41, 5.74) is -1.07. The van der Waals surface area contributed by atoms with Crippen molar-refractivity contribution in [1.82, 2.24) is 9.97 Å². The van der Waals surface area contributed by atoms with Crippen LogP contribution in [0, 0.1) is 0 Å². The van der Waals surface area contributed by atoms with Crippen molar-refractivity contribution in [3.63, 3.8) is 0 Å². The van der Waals surface area contributed by atoms with Crippen LogP contribution in [-0.2, 0) is 15.7 Å². The quantitative estimate of drug-likeness (QED) is 0.799. The second kappa shape index (κ2) is 5.71. The Morgan fingerprint density at radius 1 is 1.20 bits per heavy atom. The highest BCUT2D eigenvalue weighted by molar-refractivity contribution is 6.28. The summed E-state index contributed by atoms with van der Waals surface area (Å²) >= 11 is 5.56. The number of anilines is 1. The largest absolute Gasteiger partial charge is 0.433 e. The van der Waals surface area contributed by atoms with Crippen LogP contribution in [0.5, 0.6) is 0 Å². The molecule has 1 aromatic heterocycles. The summed E-state index contributed by atoms with van der Waals surface area (Å²) in [6.07, 6.45) is -5.03. The van der Waals surface area contributed by atoms with Gasteiger partial charge in [-0.25, -0.2) is 9.97 Å². The van der Waals surface area contributed by atoms with E-state index in [0.29, 0.717) is 13.1 Å². The van der Waals surface area contributed by atoms with Gasteiger partial charge in [0.25, 0.3) is 0 Å². The molecule has 0 bridgehead atoms. The molecule has 2 unspecified atom stereocenters. The molecule has 20 heavy (non-hydrogen) atoms. The maximum Gasteiger partial charge on any atom is 0.433 e. The number of nitrogens with zero attached hydrogens (tertiary/aromatic N) is 3. The van der Waals surface area contributed by atoms with E-state index in [1.165, 1.54) is 14.2 Å². The molecule has 112 valence electrons. The predicted octanol–water partition coefficient (Wildman–Crippen LogP) is 2.00. The zero-order chi connectivity index (χ0) is 14.9. The van der Waals surface area contributed by atoms with Crippen molar-refractivity contribution in [2.75, 3.05) is 32.2 Å². The lowest BCUT2D eigenvalue weighted by Gasteiger charge is -2.18. The first-order valence-electron chi connectivity index (χ1n) is 5.77. The van der Waals surface area contributed by atoms with Crippen LogP contribution in [-0.4, -0.2) is 49.5 Å². The number of alkyl halides is 3. The van der Waals surface area contributed by atoms with E-state index >= 15 is 0 Å². The normalized spacial score (nSPS) is 23.4. The molecular formula is C11H13ClF3N3O2. The van der Waals surface area contributed by atoms with Gasteiger partial charge >= 0.3 is 6.18 Å². The number of hydrogen-bond donors (Lipinski definition) is 0. The Labute approximate surface area is 118 Å². The van der Waals surface area contributed by atoms with Crippen LogP contribution in [0.25, 0.3) is 0 Å². The van der Waals surface area contributed by atoms with E-state index < -0.39 is 17.2 Å². The lowest BCUT2D eigenvalue weighted by atomic mass is 10.3. The van der Waals surface area contributed by atoms with E-state index in [9.17, 15) is 13.2 Å². The molecule has 2 rings (SSSR count). The van der Waals surface area contributed by atoms with Crippen LogP contribution in [0.1, 0.15) is 5.69 Å². The average molecular weight is 312 g/mol. The zero-order valence-corrected chi connectivity index (χ0v) is 11.6. The third-order valence-corrected chi connectivity index (χ3v) is 3.29. The van der Waals surface area contributed by atoms with Crippen LogP contribution < -0.4 is 4.90 Å². The number of rotatable bonds is 3. The summed E-state index contributed by atoms with van der Waals surface area (Å²) in [5.74, 6) is 0.110. The van der Waals surface area contributed by atoms with Crippen molar-refractivity contribution in [2.24, 2.45) is 0 Å². The van der Waals surface area contributed by atoms with Crippen molar-refractivity contribution >= 4 is 17.4 Å². The van der Waals surface area contributed by atoms with Crippen LogP contribution in [0.15, 0.2) is 6.07 Å². The van der Waals surface area contributed by atoms with Gasteiger partial charge in [0.2, 0.25) is 5.28 Å². The molecule has 9 heteroatoms. The number of aromatic nitrogens is 2. The van der Waals surface area contributed by atoms with Crippen LogP contribution >= 0.6 is 11.6 Å². The Hall–Kier alpha value is -1.12. The average Bonchev–Trinajstić information content (AvgIpc) is 2.80. The van der Waals surface area contributed by atoms with Crippen molar-refractivity contribution in [1.29, 1.82) is 0 Å². The monoisotopic (exact) mass is 311 g/mol. The Morgan fingerprint density at radius 3 is 2.20 bits per heavy atom. The molecule has 0 amide bonds. The van der Waals surface area contributed by atoms with Crippen molar-refractivity contribution in [2.45, 2.75) is 18.4 Å². The van der Waals surface area contributed by atoms with Gasteiger partial charge in [0.15, 0.2) is 5.69 Å². The highest BCUT2D eigenvalue weighted by atomic mass is 35.5. The molecule has 1 fully saturated rings. The first-order valence-corrected chi connectivity index (χ1v) is 6.15. The molecule has 1 aliphatic rings. The van der Waals surface area contributed by atoms with E-state index in [-0.39, 0.29) is 18.0 Å². The van der Waals surface area contributed by atoms with Crippen molar-refractivity contribution < 1.29 is 22.6 Å². The number of ether oxygens (including phenoxy) is 2. The molecule has 0 aromatic carbocycles. The van der Waals surface area contributed by atoms with Gasteiger partial charge in [-0.3, -0.25) is 0 Å². The van der Waals surface area contributed by atoms with E-state index in [0.717, 1.165) is 6.07 Å². The molecule has 1 saturated heterocycles. The predicted molar refractivity (Wildman–Crippen MR) is 65.9 cm³/mol. The smallest absolute Gasteiger partial charge is 0.377 e. The number of methoxy groups -OCH3 is 2. The van der Waals surface area contributed by atoms with E-state index in [2.05, 4.69) is 9.97 Å². The lowest BCUT2D eigenvalue weighted by Crippen LogP contribution is -2.27. The second-order valence-electron chi connectivity index (χ2n) is 4.33.